The predicted molar refractivity (Wildman–Crippen MR) is 76.6 cm³/mol. The molecule has 0 aliphatic heterocycles. The molecule has 0 bridgehead atoms. The van der Waals surface area contributed by atoms with E-state index in [2.05, 4.69) is 14.9 Å². The number of aromatic carboxylic acids is 1. The molecule has 0 atom stereocenters. The number of nitrogens with zero attached hydrogens (tertiary/aromatic N) is 2. The van der Waals surface area contributed by atoms with E-state index < -0.39 is 5.97 Å². The summed E-state index contributed by atoms with van der Waals surface area (Å²) in [5.74, 6) is -0.882. The Kier molecular flexibility index (Phi) is 5.32. The molecule has 0 amide bonds. The first-order valence-electron chi connectivity index (χ1n) is 6.74. The number of carboxylic acid groups (broad SMARTS) is 1. The van der Waals surface area contributed by atoms with Crippen LogP contribution in [0.2, 0.25) is 0 Å². The minimum atomic E-state index is -0.882. The van der Waals surface area contributed by atoms with Crippen LogP contribution in [-0.2, 0) is 13.1 Å². The molecular weight excluding hydrogens is 254 g/mol. The maximum absolute atomic E-state index is 10.9. The molecule has 0 radical (unpaired) electrons. The normalized spacial score (nSPS) is 10.6. The van der Waals surface area contributed by atoms with Gasteiger partial charge in [-0.05, 0) is 37.1 Å². The van der Waals surface area contributed by atoms with Crippen molar-refractivity contribution in [3.8, 4) is 0 Å². The van der Waals surface area contributed by atoms with E-state index >= 15 is 0 Å². The van der Waals surface area contributed by atoms with Crippen LogP contribution in [0.25, 0.3) is 0 Å². The largest absolute Gasteiger partial charge is 0.478 e. The van der Waals surface area contributed by atoms with Gasteiger partial charge in [-0.1, -0.05) is 12.1 Å². The molecule has 0 unspecified atom stereocenters. The molecule has 0 saturated heterocycles. The quantitative estimate of drug-likeness (QED) is 0.723. The average Bonchev–Trinajstić information content (AvgIpc) is 2.96. The van der Waals surface area contributed by atoms with Crippen LogP contribution in [0.1, 0.15) is 28.8 Å². The molecule has 0 fully saturated rings. The summed E-state index contributed by atoms with van der Waals surface area (Å²) in [6.45, 7) is 2.61. The zero-order valence-electron chi connectivity index (χ0n) is 11.3. The molecule has 0 aliphatic carbocycles. The fourth-order valence-electron chi connectivity index (χ4n) is 2.01. The molecule has 1 aromatic carbocycles. The summed E-state index contributed by atoms with van der Waals surface area (Å²) in [7, 11) is 0. The number of aryl methyl sites for hydroxylation is 1. The lowest BCUT2D eigenvalue weighted by Gasteiger charge is -2.06. The van der Waals surface area contributed by atoms with Crippen molar-refractivity contribution >= 4 is 5.97 Å². The minimum Gasteiger partial charge on any atom is -0.478 e. The highest BCUT2D eigenvalue weighted by molar-refractivity contribution is 5.87. The molecular formula is C15H19N3O2. The van der Waals surface area contributed by atoms with Crippen molar-refractivity contribution in [2.24, 2.45) is 0 Å². The van der Waals surface area contributed by atoms with Gasteiger partial charge in [-0.3, -0.25) is 0 Å². The summed E-state index contributed by atoms with van der Waals surface area (Å²) in [4.78, 5) is 14.9. The van der Waals surface area contributed by atoms with Crippen LogP contribution in [0, 0.1) is 0 Å². The minimum absolute atomic E-state index is 0.337. The van der Waals surface area contributed by atoms with Gasteiger partial charge < -0.3 is 15.0 Å². The lowest BCUT2D eigenvalue weighted by molar-refractivity contribution is 0.0696. The number of aromatic nitrogens is 2. The van der Waals surface area contributed by atoms with E-state index in [4.69, 9.17) is 5.11 Å². The van der Waals surface area contributed by atoms with Crippen molar-refractivity contribution < 1.29 is 9.90 Å². The SMILES string of the molecule is O=C(O)c1cccc(CNCCCCn2ccnc2)c1. The molecule has 1 aromatic heterocycles. The van der Waals surface area contributed by atoms with E-state index in [1.54, 1.807) is 24.4 Å². The second kappa shape index (κ2) is 7.45. The standard InChI is InChI=1S/C15H19N3O2/c19-15(20)14-5-3-4-13(10-14)11-16-6-1-2-8-18-9-7-17-12-18/h3-5,7,9-10,12,16H,1-2,6,8,11H2,(H,19,20). The van der Waals surface area contributed by atoms with Crippen molar-refractivity contribution in [1.29, 1.82) is 0 Å². The Hall–Kier alpha value is -2.14. The molecule has 0 saturated carbocycles. The topological polar surface area (TPSA) is 67.2 Å². The number of hydrogen-bond donors (Lipinski definition) is 2. The molecule has 20 heavy (non-hydrogen) atoms. The number of rotatable bonds is 8. The highest BCUT2D eigenvalue weighted by atomic mass is 16.4. The Morgan fingerprint density at radius 3 is 3.00 bits per heavy atom. The number of imidazole rings is 1. The number of carboxylic acids is 1. The van der Waals surface area contributed by atoms with Crippen LogP contribution in [0.5, 0.6) is 0 Å². The van der Waals surface area contributed by atoms with Gasteiger partial charge in [0, 0.05) is 25.5 Å². The second-order valence-corrected chi connectivity index (χ2v) is 4.69. The average molecular weight is 273 g/mol. The first kappa shape index (κ1) is 14.3. The molecule has 0 aliphatic rings. The number of nitrogens with one attached hydrogen (secondary N) is 1. The lowest BCUT2D eigenvalue weighted by Crippen LogP contribution is -2.15. The van der Waals surface area contributed by atoms with E-state index in [1.165, 1.54) is 0 Å². The summed E-state index contributed by atoms with van der Waals surface area (Å²) >= 11 is 0. The lowest BCUT2D eigenvalue weighted by atomic mass is 10.1. The highest BCUT2D eigenvalue weighted by Gasteiger charge is 2.02. The number of benzene rings is 1. The molecule has 2 N–H and O–H groups in total. The van der Waals surface area contributed by atoms with E-state index in [1.807, 2.05) is 18.6 Å². The van der Waals surface area contributed by atoms with E-state index in [0.717, 1.165) is 31.5 Å². The monoisotopic (exact) mass is 273 g/mol. The fourth-order valence-corrected chi connectivity index (χ4v) is 2.01. The summed E-state index contributed by atoms with van der Waals surface area (Å²) in [5, 5.41) is 12.2. The van der Waals surface area contributed by atoms with Gasteiger partial charge in [0.2, 0.25) is 0 Å². The maximum atomic E-state index is 10.9. The van der Waals surface area contributed by atoms with Gasteiger partial charge in [-0.15, -0.1) is 0 Å². The Morgan fingerprint density at radius 1 is 1.35 bits per heavy atom. The smallest absolute Gasteiger partial charge is 0.335 e. The highest BCUT2D eigenvalue weighted by Crippen LogP contribution is 2.05. The van der Waals surface area contributed by atoms with E-state index in [-0.39, 0.29) is 0 Å². The van der Waals surface area contributed by atoms with Gasteiger partial charge in [-0.2, -0.15) is 0 Å². The third-order valence-electron chi connectivity index (χ3n) is 3.08. The Labute approximate surface area is 118 Å². The second-order valence-electron chi connectivity index (χ2n) is 4.69. The van der Waals surface area contributed by atoms with Crippen LogP contribution >= 0.6 is 0 Å². The molecule has 2 aromatic rings. The first-order valence-corrected chi connectivity index (χ1v) is 6.74. The molecule has 5 nitrogen and oxygen atoms in total. The summed E-state index contributed by atoms with van der Waals surface area (Å²) in [6, 6.07) is 7.03. The Morgan fingerprint density at radius 2 is 2.25 bits per heavy atom. The van der Waals surface area contributed by atoms with Crippen molar-refractivity contribution in [2.75, 3.05) is 6.54 Å². The zero-order valence-corrected chi connectivity index (χ0v) is 11.3. The third kappa shape index (κ3) is 4.51. The van der Waals surface area contributed by atoms with Crippen LogP contribution in [0.3, 0.4) is 0 Å². The van der Waals surface area contributed by atoms with Crippen LogP contribution < -0.4 is 5.32 Å². The zero-order chi connectivity index (χ0) is 14.2. The van der Waals surface area contributed by atoms with Gasteiger partial charge in [0.25, 0.3) is 0 Å². The van der Waals surface area contributed by atoms with E-state index in [9.17, 15) is 4.79 Å². The fraction of sp³-hybridized carbons (Fsp3) is 0.333. The predicted octanol–water partition coefficient (Wildman–Crippen LogP) is 2.15. The Balaban J connectivity index is 1.63. The van der Waals surface area contributed by atoms with Gasteiger partial charge in [0.1, 0.15) is 0 Å². The van der Waals surface area contributed by atoms with Gasteiger partial charge in [-0.25, -0.2) is 9.78 Å². The molecule has 2 rings (SSSR count). The third-order valence-corrected chi connectivity index (χ3v) is 3.08. The van der Waals surface area contributed by atoms with Crippen molar-refractivity contribution in [3.63, 3.8) is 0 Å². The van der Waals surface area contributed by atoms with Gasteiger partial charge in [0.15, 0.2) is 0 Å². The molecule has 106 valence electrons. The van der Waals surface area contributed by atoms with Crippen molar-refractivity contribution in [3.05, 3.63) is 54.1 Å². The maximum Gasteiger partial charge on any atom is 0.335 e. The van der Waals surface area contributed by atoms with Crippen LogP contribution in [-0.4, -0.2) is 27.2 Å². The van der Waals surface area contributed by atoms with Gasteiger partial charge >= 0.3 is 5.97 Å². The first-order chi connectivity index (χ1) is 9.75. The van der Waals surface area contributed by atoms with E-state index in [0.29, 0.717) is 12.1 Å². The number of hydrogen-bond acceptors (Lipinski definition) is 3. The van der Waals surface area contributed by atoms with Crippen molar-refractivity contribution in [2.45, 2.75) is 25.9 Å². The summed E-state index contributed by atoms with van der Waals surface area (Å²) < 4.78 is 2.07. The summed E-state index contributed by atoms with van der Waals surface area (Å²) in [5.41, 5.74) is 1.34. The molecule has 0 spiro atoms. The Bertz CT molecular complexity index is 538. The number of carbonyl (C=O) groups is 1. The van der Waals surface area contributed by atoms with Crippen LogP contribution in [0.4, 0.5) is 0 Å². The number of unbranched alkanes of at least 4 members (excludes halogenated alkanes) is 1. The molecule has 5 heteroatoms. The summed E-state index contributed by atoms with van der Waals surface area (Å²) in [6.07, 6.45) is 7.75. The van der Waals surface area contributed by atoms with Crippen LogP contribution in [0.15, 0.2) is 43.0 Å². The van der Waals surface area contributed by atoms with Crippen molar-refractivity contribution in [1.82, 2.24) is 14.9 Å². The molecule has 1 heterocycles. The van der Waals surface area contributed by atoms with Gasteiger partial charge in [0.05, 0.1) is 11.9 Å².